The average molecular weight is 392 g/mol. The minimum Gasteiger partial charge on any atom is -0.378 e. The van der Waals surface area contributed by atoms with E-state index < -0.39 is 5.41 Å². The molecule has 0 spiro atoms. The lowest BCUT2D eigenvalue weighted by molar-refractivity contribution is -0.127. The molecule has 5 nitrogen and oxygen atoms in total. The number of nitrogens with zero attached hydrogens (tertiary/aromatic N) is 3. The van der Waals surface area contributed by atoms with E-state index in [4.69, 9.17) is 9.72 Å². The fourth-order valence-corrected chi connectivity index (χ4v) is 4.40. The highest BCUT2D eigenvalue weighted by molar-refractivity contribution is 6.05. The van der Waals surface area contributed by atoms with E-state index in [9.17, 15) is 4.79 Å². The first-order chi connectivity index (χ1) is 14.0. The third kappa shape index (κ3) is 4.11. The van der Waals surface area contributed by atoms with E-state index in [0.717, 1.165) is 55.5 Å². The molecule has 1 aromatic heterocycles. The summed E-state index contributed by atoms with van der Waals surface area (Å²) in [6.07, 6.45) is 1.99. The van der Waals surface area contributed by atoms with Crippen LogP contribution in [0.1, 0.15) is 31.1 Å². The fraction of sp³-hybridized carbons (Fsp3) is 0.417. The molecule has 0 radical (unpaired) electrons. The Labute approximate surface area is 173 Å². The van der Waals surface area contributed by atoms with E-state index in [1.165, 1.54) is 0 Å². The second-order valence-corrected chi connectivity index (χ2v) is 8.56. The van der Waals surface area contributed by atoms with Crippen LogP contribution >= 0.6 is 0 Å². The maximum Gasteiger partial charge on any atom is 0.167 e. The van der Waals surface area contributed by atoms with Gasteiger partial charge >= 0.3 is 0 Å². The lowest BCUT2D eigenvalue weighted by Gasteiger charge is -2.42. The number of carbonyl (C=O) groups excluding carboxylic acids is 1. The number of carbonyl (C=O) groups is 1. The molecule has 1 atom stereocenters. The summed E-state index contributed by atoms with van der Waals surface area (Å²) in [4.78, 5) is 22.8. The molecular formula is C24H29N3O2. The predicted molar refractivity (Wildman–Crippen MR) is 116 cm³/mol. The Hall–Kier alpha value is -2.50. The molecule has 2 aliphatic rings. The summed E-state index contributed by atoms with van der Waals surface area (Å²) < 4.78 is 5.45. The Balaban J connectivity index is 1.74. The SMILES string of the molecule is CN1CC(C)(C)C(=O)C(=Cc2cccc(N3CCOCC3)n2)C1c1ccccc1. The van der Waals surface area contributed by atoms with Crippen LogP contribution < -0.4 is 4.90 Å². The molecule has 2 saturated heterocycles. The number of piperidine rings is 1. The number of pyridine rings is 1. The molecule has 0 bridgehead atoms. The minimum absolute atomic E-state index is 0.0643. The van der Waals surface area contributed by atoms with Gasteiger partial charge in [0.05, 0.1) is 24.9 Å². The number of benzene rings is 1. The number of rotatable bonds is 3. The minimum atomic E-state index is -0.423. The van der Waals surface area contributed by atoms with Crippen molar-refractivity contribution in [3.63, 3.8) is 0 Å². The van der Waals surface area contributed by atoms with Crippen molar-refractivity contribution in [2.24, 2.45) is 5.41 Å². The van der Waals surface area contributed by atoms with Crippen LogP contribution in [0, 0.1) is 5.41 Å². The van der Waals surface area contributed by atoms with Crippen molar-refractivity contribution in [3.05, 3.63) is 65.4 Å². The molecule has 0 amide bonds. The molecule has 4 rings (SSSR count). The number of anilines is 1. The van der Waals surface area contributed by atoms with E-state index >= 15 is 0 Å². The quantitative estimate of drug-likeness (QED) is 0.749. The first-order valence-corrected chi connectivity index (χ1v) is 10.3. The van der Waals surface area contributed by atoms with Gasteiger partial charge < -0.3 is 9.64 Å². The van der Waals surface area contributed by atoms with E-state index in [2.05, 4.69) is 29.0 Å². The molecule has 5 heteroatoms. The van der Waals surface area contributed by atoms with Crippen LogP contribution in [0.15, 0.2) is 54.1 Å². The normalized spacial score (nSPS) is 24.1. The lowest BCUT2D eigenvalue weighted by Crippen LogP contribution is -2.47. The van der Waals surface area contributed by atoms with Gasteiger partial charge in [0, 0.05) is 30.6 Å². The summed E-state index contributed by atoms with van der Waals surface area (Å²) >= 11 is 0. The van der Waals surface area contributed by atoms with Gasteiger partial charge in [0.15, 0.2) is 5.78 Å². The molecule has 2 aromatic rings. The number of hydrogen-bond donors (Lipinski definition) is 0. The van der Waals surface area contributed by atoms with Gasteiger partial charge in [-0.2, -0.15) is 0 Å². The Bertz CT molecular complexity index is 901. The van der Waals surface area contributed by atoms with Crippen LogP contribution in [0.2, 0.25) is 0 Å². The first-order valence-electron chi connectivity index (χ1n) is 10.3. The summed E-state index contributed by atoms with van der Waals surface area (Å²) in [5.74, 6) is 1.14. The van der Waals surface area contributed by atoms with Crippen molar-refractivity contribution in [2.75, 3.05) is 44.8 Å². The zero-order chi connectivity index (χ0) is 20.4. The third-order valence-corrected chi connectivity index (χ3v) is 5.77. The van der Waals surface area contributed by atoms with Gasteiger partial charge in [-0.05, 0) is 30.8 Å². The Kier molecular flexibility index (Phi) is 5.52. The number of ketones is 1. The van der Waals surface area contributed by atoms with Gasteiger partial charge in [0.25, 0.3) is 0 Å². The number of Topliss-reactive ketones (excluding diaryl/α,β-unsaturated/α-hetero) is 1. The molecule has 3 heterocycles. The van der Waals surface area contributed by atoms with Gasteiger partial charge in [0.2, 0.25) is 0 Å². The number of likely N-dealkylation sites (N-methyl/N-ethyl adjacent to an activating group) is 1. The summed E-state index contributed by atoms with van der Waals surface area (Å²) in [5, 5.41) is 0. The zero-order valence-electron chi connectivity index (χ0n) is 17.5. The summed E-state index contributed by atoms with van der Waals surface area (Å²) in [5.41, 5.74) is 2.34. The van der Waals surface area contributed by atoms with Crippen molar-refractivity contribution in [1.82, 2.24) is 9.88 Å². The van der Waals surface area contributed by atoms with Crippen molar-refractivity contribution >= 4 is 17.7 Å². The maximum absolute atomic E-state index is 13.4. The highest BCUT2D eigenvalue weighted by Gasteiger charge is 2.42. The van der Waals surface area contributed by atoms with Crippen LogP contribution in [-0.2, 0) is 9.53 Å². The number of morpholine rings is 1. The fourth-order valence-electron chi connectivity index (χ4n) is 4.40. The van der Waals surface area contributed by atoms with Gasteiger partial charge in [0.1, 0.15) is 5.82 Å². The van der Waals surface area contributed by atoms with Crippen molar-refractivity contribution in [3.8, 4) is 0 Å². The van der Waals surface area contributed by atoms with Gasteiger partial charge in [-0.15, -0.1) is 0 Å². The summed E-state index contributed by atoms with van der Waals surface area (Å²) in [6, 6.07) is 16.2. The first kappa shape index (κ1) is 19.8. The zero-order valence-corrected chi connectivity index (χ0v) is 17.5. The van der Waals surface area contributed by atoms with Crippen LogP contribution in [0.4, 0.5) is 5.82 Å². The van der Waals surface area contributed by atoms with Gasteiger partial charge in [-0.1, -0.05) is 50.2 Å². The van der Waals surface area contributed by atoms with Gasteiger partial charge in [-0.25, -0.2) is 4.98 Å². The molecular weight excluding hydrogens is 362 g/mol. The Morgan fingerprint density at radius 2 is 1.79 bits per heavy atom. The smallest absolute Gasteiger partial charge is 0.167 e. The molecule has 2 fully saturated rings. The van der Waals surface area contributed by atoms with Crippen molar-refractivity contribution in [2.45, 2.75) is 19.9 Å². The number of ether oxygens (including phenoxy) is 1. The highest BCUT2D eigenvalue weighted by atomic mass is 16.5. The van der Waals surface area contributed by atoms with Crippen LogP contribution in [0.3, 0.4) is 0 Å². The third-order valence-electron chi connectivity index (χ3n) is 5.77. The second-order valence-electron chi connectivity index (χ2n) is 8.56. The van der Waals surface area contributed by atoms with E-state index in [1.54, 1.807) is 0 Å². The molecule has 2 aliphatic heterocycles. The molecule has 152 valence electrons. The molecule has 29 heavy (non-hydrogen) atoms. The van der Waals surface area contributed by atoms with E-state index in [1.807, 2.05) is 56.3 Å². The average Bonchev–Trinajstić information content (AvgIpc) is 2.73. The Morgan fingerprint density at radius 3 is 2.52 bits per heavy atom. The standard InChI is InChI=1S/C24H29N3O2/c1-24(2)17-26(3)22(18-8-5-4-6-9-18)20(23(24)28)16-19-10-7-11-21(25-19)27-12-14-29-15-13-27/h4-11,16,22H,12-15,17H2,1-3H3. The summed E-state index contributed by atoms with van der Waals surface area (Å²) in [6.45, 7) is 7.91. The van der Waals surface area contributed by atoms with Crippen molar-refractivity contribution < 1.29 is 9.53 Å². The molecule has 0 aliphatic carbocycles. The summed E-state index contributed by atoms with van der Waals surface area (Å²) in [7, 11) is 2.09. The number of hydrogen-bond acceptors (Lipinski definition) is 5. The van der Waals surface area contributed by atoms with Crippen LogP contribution in [-0.4, -0.2) is 55.6 Å². The molecule has 1 aromatic carbocycles. The number of likely N-dealkylation sites (tertiary alicyclic amines) is 1. The molecule has 0 N–H and O–H groups in total. The van der Waals surface area contributed by atoms with Crippen molar-refractivity contribution in [1.29, 1.82) is 0 Å². The Morgan fingerprint density at radius 1 is 1.07 bits per heavy atom. The lowest BCUT2D eigenvalue weighted by atomic mass is 9.75. The largest absolute Gasteiger partial charge is 0.378 e. The molecule has 0 saturated carbocycles. The van der Waals surface area contributed by atoms with Crippen LogP contribution in [0.5, 0.6) is 0 Å². The topological polar surface area (TPSA) is 45.7 Å². The predicted octanol–water partition coefficient (Wildman–Crippen LogP) is 3.58. The highest BCUT2D eigenvalue weighted by Crippen LogP contribution is 2.40. The van der Waals surface area contributed by atoms with E-state index in [-0.39, 0.29) is 11.8 Å². The van der Waals surface area contributed by atoms with Gasteiger partial charge in [-0.3, -0.25) is 9.69 Å². The van der Waals surface area contributed by atoms with E-state index in [0.29, 0.717) is 0 Å². The second kappa shape index (κ2) is 8.09. The molecule has 1 unspecified atom stereocenters. The monoisotopic (exact) mass is 391 g/mol. The maximum atomic E-state index is 13.4. The van der Waals surface area contributed by atoms with Crippen LogP contribution in [0.25, 0.3) is 6.08 Å². The number of aromatic nitrogens is 1.